The van der Waals surface area contributed by atoms with E-state index < -0.39 is 0 Å². The smallest absolute Gasteiger partial charge is 0.310 e. The van der Waals surface area contributed by atoms with Crippen molar-refractivity contribution in [1.29, 1.82) is 0 Å². The van der Waals surface area contributed by atoms with Crippen LogP contribution in [0, 0.1) is 5.92 Å². The van der Waals surface area contributed by atoms with Crippen LogP contribution in [0.5, 0.6) is 0 Å². The molecule has 66 valence electrons. The molecule has 0 radical (unpaired) electrons. The van der Waals surface area contributed by atoms with Gasteiger partial charge in [0.25, 0.3) is 0 Å². The zero-order chi connectivity index (χ0) is 8.69. The lowest BCUT2D eigenvalue weighted by Gasteiger charge is -2.08. The summed E-state index contributed by atoms with van der Waals surface area (Å²) in [5.41, 5.74) is 0. The van der Waals surface area contributed by atoms with Crippen LogP contribution in [0.2, 0.25) is 0 Å². The van der Waals surface area contributed by atoms with Crippen molar-refractivity contribution in [2.45, 2.75) is 6.92 Å². The van der Waals surface area contributed by atoms with E-state index in [-0.39, 0.29) is 18.7 Å². The molecule has 0 aliphatic heterocycles. The molecule has 0 amide bonds. The highest BCUT2D eigenvalue weighted by molar-refractivity contribution is 5.71. The van der Waals surface area contributed by atoms with Crippen molar-refractivity contribution in [3.63, 3.8) is 0 Å². The van der Waals surface area contributed by atoms with E-state index in [0.29, 0.717) is 6.61 Å². The van der Waals surface area contributed by atoms with Crippen molar-refractivity contribution in [1.82, 2.24) is 0 Å². The summed E-state index contributed by atoms with van der Waals surface area (Å²) < 4.78 is 14.1. The topological polar surface area (TPSA) is 44.8 Å². The van der Waals surface area contributed by atoms with Crippen molar-refractivity contribution in [2.24, 2.45) is 5.92 Å². The number of hydrogen-bond acceptors (Lipinski definition) is 4. The van der Waals surface area contributed by atoms with E-state index in [1.165, 1.54) is 14.2 Å². The van der Waals surface area contributed by atoms with Crippen molar-refractivity contribution in [3.8, 4) is 0 Å². The van der Waals surface area contributed by atoms with E-state index >= 15 is 0 Å². The molecule has 0 aromatic rings. The molecule has 1 atom stereocenters. The molecule has 0 bridgehead atoms. The van der Waals surface area contributed by atoms with Crippen molar-refractivity contribution in [3.05, 3.63) is 0 Å². The highest BCUT2D eigenvalue weighted by Gasteiger charge is 2.12. The number of carbonyl (C=O) groups excluding carboxylic acids is 1. The maximum absolute atomic E-state index is 10.8. The average molecular weight is 162 g/mol. The summed E-state index contributed by atoms with van der Waals surface area (Å²) in [6.45, 7) is 2.28. The lowest BCUT2D eigenvalue weighted by atomic mass is 10.2. The summed E-state index contributed by atoms with van der Waals surface area (Å²) in [4.78, 5) is 10.8. The molecule has 1 unspecified atom stereocenters. The van der Waals surface area contributed by atoms with Gasteiger partial charge in [0, 0.05) is 7.11 Å². The zero-order valence-electron chi connectivity index (χ0n) is 7.12. The summed E-state index contributed by atoms with van der Waals surface area (Å²) in [7, 11) is 2.89. The van der Waals surface area contributed by atoms with Crippen LogP contribution in [-0.2, 0) is 19.0 Å². The maximum atomic E-state index is 10.8. The molecule has 0 saturated carbocycles. The number of ether oxygens (including phenoxy) is 3. The monoisotopic (exact) mass is 162 g/mol. The zero-order valence-corrected chi connectivity index (χ0v) is 7.12. The van der Waals surface area contributed by atoms with Gasteiger partial charge in [-0.2, -0.15) is 0 Å². The Labute approximate surface area is 66.4 Å². The molecule has 0 rings (SSSR count). The number of hydrogen-bond donors (Lipinski definition) is 0. The minimum Gasteiger partial charge on any atom is -0.469 e. The van der Waals surface area contributed by atoms with Crippen LogP contribution in [0.4, 0.5) is 0 Å². The molecular formula is C7H14O4. The Hall–Kier alpha value is -0.610. The van der Waals surface area contributed by atoms with Gasteiger partial charge in [-0.1, -0.05) is 0 Å². The Morgan fingerprint density at radius 1 is 1.45 bits per heavy atom. The van der Waals surface area contributed by atoms with Gasteiger partial charge in [-0.15, -0.1) is 0 Å². The first-order valence-corrected chi connectivity index (χ1v) is 3.37. The molecule has 0 heterocycles. The standard InChI is InChI=1S/C7H14O4/c1-6(7(8)10-3)4-11-5-9-2/h6H,4-5H2,1-3H3. The van der Waals surface area contributed by atoms with E-state index in [1.54, 1.807) is 6.92 Å². The Kier molecular flexibility index (Phi) is 5.78. The van der Waals surface area contributed by atoms with E-state index in [0.717, 1.165) is 0 Å². The van der Waals surface area contributed by atoms with E-state index in [9.17, 15) is 4.79 Å². The van der Waals surface area contributed by atoms with Gasteiger partial charge < -0.3 is 14.2 Å². The highest BCUT2D eigenvalue weighted by atomic mass is 16.7. The van der Waals surface area contributed by atoms with Gasteiger partial charge in [-0.3, -0.25) is 4.79 Å². The molecule has 4 heteroatoms. The molecule has 0 N–H and O–H groups in total. The lowest BCUT2D eigenvalue weighted by molar-refractivity contribution is -0.148. The third kappa shape index (κ3) is 4.75. The fraction of sp³-hybridized carbons (Fsp3) is 0.857. The molecule has 0 saturated heterocycles. The third-order valence-electron chi connectivity index (χ3n) is 1.17. The fourth-order valence-electron chi connectivity index (χ4n) is 0.577. The van der Waals surface area contributed by atoms with Crippen LogP contribution in [0.1, 0.15) is 6.92 Å². The van der Waals surface area contributed by atoms with Crippen LogP contribution >= 0.6 is 0 Å². The number of esters is 1. The molecule has 0 aliphatic rings. The van der Waals surface area contributed by atoms with Crippen molar-refractivity contribution >= 4 is 5.97 Å². The summed E-state index contributed by atoms with van der Waals surface area (Å²) in [6, 6.07) is 0. The SMILES string of the molecule is COCOCC(C)C(=O)OC. The second kappa shape index (κ2) is 6.12. The first-order chi connectivity index (χ1) is 5.22. The van der Waals surface area contributed by atoms with Gasteiger partial charge in [0.15, 0.2) is 0 Å². The Morgan fingerprint density at radius 3 is 2.55 bits per heavy atom. The predicted molar refractivity (Wildman–Crippen MR) is 39.0 cm³/mol. The number of carbonyl (C=O) groups is 1. The number of rotatable bonds is 5. The first-order valence-electron chi connectivity index (χ1n) is 3.37. The largest absolute Gasteiger partial charge is 0.469 e. The minimum absolute atomic E-state index is 0.210. The summed E-state index contributed by atoms with van der Waals surface area (Å²) in [6.07, 6.45) is 0. The molecule has 4 nitrogen and oxygen atoms in total. The normalized spacial score (nSPS) is 12.6. The van der Waals surface area contributed by atoms with Crippen molar-refractivity contribution < 1.29 is 19.0 Å². The third-order valence-corrected chi connectivity index (χ3v) is 1.17. The summed E-state index contributed by atoms with van der Waals surface area (Å²) >= 11 is 0. The van der Waals surface area contributed by atoms with Crippen LogP contribution in [0.15, 0.2) is 0 Å². The molecule has 0 aromatic carbocycles. The highest BCUT2D eigenvalue weighted by Crippen LogP contribution is 1.97. The van der Waals surface area contributed by atoms with Crippen LogP contribution < -0.4 is 0 Å². The maximum Gasteiger partial charge on any atom is 0.310 e. The van der Waals surface area contributed by atoms with Gasteiger partial charge in [0.2, 0.25) is 0 Å². The molecule has 0 aromatic heterocycles. The molecule has 0 spiro atoms. The quantitative estimate of drug-likeness (QED) is 0.334. The number of methoxy groups -OCH3 is 2. The lowest BCUT2D eigenvalue weighted by Crippen LogP contribution is -2.18. The average Bonchev–Trinajstić information content (AvgIpc) is 2.03. The Morgan fingerprint density at radius 2 is 2.09 bits per heavy atom. The summed E-state index contributed by atoms with van der Waals surface area (Å²) in [5.74, 6) is -0.490. The van der Waals surface area contributed by atoms with E-state index in [1.807, 2.05) is 0 Å². The summed E-state index contributed by atoms with van der Waals surface area (Å²) in [5, 5.41) is 0. The fourth-order valence-corrected chi connectivity index (χ4v) is 0.577. The minimum atomic E-state index is -0.263. The molecule has 0 aliphatic carbocycles. The van der Waals surface area contributed by atoms with Crippen LogP contribution in [0.3, 0.4) is 0 Å². The molecule has 11 heavy (non-hydrogen) atoms. The Balaban J connectivity index is 3.36. The first kappa shape index (κ1) is 10.4. The van der Waals surface area contributed by atoms with Gasteiger partial charge in [0.1, 0.15) is 6.79 Å². The van der Waals surface area contributed by atoms with Gasteiger partial charge >= 0.3 is 5.97 Å². The van der Waals surface area contributed by atoms with E-state index in [2.05, 4.69) is 9.47 Å². The molecule has 0 fully saturated rings. The van der Waals surface area contributed by atoms with Gasteiger partial charge in [-0.25, -0.2) is 0 Å². The predicted octanol–water partition coefficient (Wildman–Crippen LogP) is 0.416. The van der Waals surface area contributed by atoms with Crippen LogP contribution in [-0.4, -0.2) is 33.6 Å². The van der Waals surface area contributed by atoms with Gasteiger partial charge in [0.05, 0.1) is 19.6 Å². The van der Waals surface area contributed by atoms with Crippen LogP contribution in [0.25, 0.3) is 0 Å². The second-order valence-corrected chi connectivity index (χ2v) is 2.20. The van der Waals surface area contributed by atoms with Gasteiger partial charge in [-0.05, 0) is 6.92 Å². The Bertz CT molecular complexity index is 113. The van der Waals surface area contributed by atoms with E-state index in [4.69, 9.17) is 4.74 Å². The van der Waals surface area contributed by atoms with Crippen molar-refractivity contribution in [2.75, 3.05) is 27.6 Å². The second-order valence-electron chi connectivity index (χ2n) is 2.20. The molecular weight excluding hydrogens is 148 g/mol.